The Hall–Kier alpha value is -2.22. The maximum absolute atomic E-state index is 12.4. The van der Waals surface area contributed by atoms with E-state index in [0.717, 1.165) is 5.56 Å². The molecular formula is C19H25N3O3S. The van der Waals surface area contributed by atoms with E-state index in [1.807, 2.05) is 30.3 Å². The molecule has 0 aliphatic rings. The Bertz CT molecular complexity index is 859. The van der Waals surface area contributed by atoms with Crippen LogP contribution in [0.4, 0.5) is 5.69 Å². The van der Waals surface area contributed by atoms with Crippen LogP contribution in [0, 0.1) is 0 Å². The molecule has 0 aliphatic heterocycles. The van der Waals surface area contributed by atoms with Crippen molar-refractivity contribution in [3.05, 3.63) is 60.2 Å². The highest BCUT2D eigenvalue weighted by molar-refractivity contribution is 7.89. The lowest BCUT2D eigenvalue weighted by molar-refractivity contribution is -0.116. The number of benzene rings is 2. The summed E-state index contributed by atoms with van der Waals surface area (Å²) in [4.78, 5) is 12.3. The van der Waals surface area contributed by atoms with Gasteiger partial charge in [0, 0.05) is 23.7 Å². The number of sulfonamides is 1. The molecule has 0 spiro atoms. The van der Waals surface area contributed by atoms with Gasteiger partial charge in [0.1, 0.15) is 0 Å². The van der Waals surface area contributed by atoms with Gasteiger partial charge in [-0.25, -0.2) is 13.1 Å². The molecule has 0 saturated heterocycles. The summed E-state index contributed by atoms with van der Waals surface area (Å²) in [6, 6.07) is 15.1. The molecule has 4 N–H and O–H groups in total. The van der Waals surface area contributed by atoms with Crippen LogP contribution in [0.25, 0.3) is 0 Å². The monoisotopic (exact) mass is 375 g/mol. The first kappa shape index (κ1) is 20.1. The van der Waals surface area contributed by atoms with Crippen LogP contribution in [-0.4, -0.2) is 19.9 Å². The van der Waals surface area contributed by atoms with Gasteiger partial charge in [0.2, 0.25) is 15.9 Å². The van der Waals surface area contributed by atoms with Crippen LogP contribution in [0.15, 0.2) is 59.5 Å². The van der Waals surface area contributed by atoms with Crippen molar-refractivity contribution >= 4 is 21.6 Å². The standard InChI is InChI=1S/C19H25N3O3S/c1-19(2,3)22-26(24,25)16-11-7-10-15(12-16)21-18(23)13-17(20)14-8-5-4-6-9-14/h4-12,17,22H,13,20H2,1-3H3,(H,21,23). The van der Waals surface area contributed by atoms with Crippen molar-refractivity contribution < 1.29 is 13.2 Å². The number of hydrogen-bond donors (Lipinski definition) is 3. The second-order valence-corrected chi connectivity index (χ2v) is 8.84. The Kier molecular flexibility index (Phi) is 6.17. The fourth-order valence-corrected chi connectivity index (χ4v) is 3.90. The average Bonchev–Trinajstić information content (AvgIpc) is 2.53. The molecule has 2 rings (SSSR count). The van der Waals surface area contributed by atoms with Gasteiger partial charge in [0.05, 0.1) is 4.90 Å². The van der Waals surface area contributed by atoms with Crippen LogP contribution in [0.3, 0.4) is 0 Å². The Morgan fingerprint density at radius 1 is 1.08 bits per heavy atom. The van der Waals surface area contributed by atoms with Crippen molar-refractivity contribution in [2.75, 3.05) is 5.32 Å². The molecule has 26 heavy (non-hydrogen) atoms. The molecule has 7 heteroatoms. The van der Waals surface area contributed by atoms with Gasteiger partial charge in [-0.05, 0) is 44.5 Å². The van der Waals surface area contributed by atoms with Crippen molar-refractivity contribution in [3.8, 4) is 0 Å². The first-order valence-electron chi connectivity index (χ1n) is 8.31. The van der Waals surface area contributed by atoms with E-state index in [1.54, 1.807) is 32.9 Å². The van der Waals surface area contributed by atoms with Gasteiger partial charge in [-0.2, -0.15) is 0 Å². The molecule has 0 aliphatic carbocycles. The summed E-state index contributed by atoms with van der Waals surface area (Å²) in [5, 5.41) is 2.71. The smallest absolute Gasteiger partial charge is 0.241 e. The van der Waals surface area contributed by atoms with Gasteiger partial charge in [-0.1, -0.05) is 36.4 Å². The van der Waals surface area contributed by atoms with Crippen LogP contribution >= 0.6 is 0 Å². The molecule has 0 aromatic heterocycles. The van der Waals surface area contributed by atoms with Gasteiger partial charge in [0.25, 0.3) is 0 Å². The lowest BCUT2D eigenvalue weighted by Gasteiger charge is -2.20. The van der Waals surface area contributed by atoms with E-state index in [-0.39, 0.29) is 17.2 Å². The lowest BCUT2D eigenvalue weighted by atomic mass is 10.0. The molecule has 0 saturated carbocycles. The third-order valence-electron chi connectivity index (χ3n) is 3.50. The molecule has 1 atom stereocenters. The van der Waals surface area contributed by atoms with E-state index >= 15 is 0 Å². The molecule has 0 fully saturated rings. The zero-order valence-electron chi connectivity index (χ0n) is 15.2. The van der Waals surface area contributed by atoms with E-state index in [0.29, 0.717) is 5.69 Å². The summed E-state index contributed by atoms with van der Waals surface area (Å²) >= 11 is 0. The normalized spacial score (nSPS) is 13.2. The predicted molar refractivity (Wildman–Crippen MR) is 103 cm³/mol. The van der Waals surface area contributed by atoms with Crippen molar-refractivity contribution in [1.82, 2.24) is 4.72 Å². The molecule has 0 bridgehead atoms. The molecular weight excluding hydrogens is 350 g/mol. The number of carbonyl (C=O) groups is 1. The molecule has 2 aromatic carbocycles. The molecule has 1 amide bonds. The highest BCUT2D eigenvalue weighted by atomic mass is 32.2. The number of nitrogens with two attached hydrogens (primary N) is 1. The molecule has 1 unspecified atom stereocenters. The largest absolute Gasteiger partial charge is 0.326 e. The van der Waals surface area contributed by atoms with E-state index in [1.165, 1.54) is 12.1 Å². The van der Waals surface area contributed by atoms with Crippen LogP contribution in [0.1, 0.15) is 38.8 Å². The molecule has 140 valence electrons. The van der Waals surface area contributed by atoms with Gasteiger partial charge in [-0.15, -0.1) is 0 Å². The number of anilines is 1. The number of nitrogens with one attached hydrogen (secondary N) is 2. The average molecular weight is 375 g/mol. The van der Waals surface area contributed by atoms with Crippen molar-refractivity contribution in [1.29, 1.82) is 0 Å². The number of amides is 1. The fraction of sp³-hybridized carbons (Fsp3) is 0.316. The summed E-state index contributed by atoms with van der Waals surface area (Å²) in [7, 11) is -3.67. The summed E-state index contributed by atoms with van der Waals surface area (Å²) in [6.07, 6.45) is 0.0984. The van der Waals surface area contributed by atoms with Crippen LogP contribution in [-0.2, 0) is 14.8 Å². The Morgan fingerprint density at radius 2 is 1.73 bits per heavy atom. The first-order chi connectivity index (χ1) is 12.1. The summed E-state index contributed by atoms with van der Waals surface area (Å²) in [6.45, 7) is 5.30. The van der Waals surface area contributed by atoms with Crippen LogP contribution in [0.5, 0.6) is 0 Å². The third-order valence-corrected chi connectivity index (χ3v) is 5.26. The SMILES string of the molecule is CC(C)(C)NS(=O)(=O)c1cccc(NC(=O)CC(N)c2ccccc2)c1. The lowest BCUT2D eigenvalue weighted by Crippen LogP contribution is -2.40. The van der Waals surface area contributed by atoms with E-state index < -0.39 is 21.6 Å². The Morgan fingerprint density at radius 3 is 2.35 bits per heavy atom. The summed E-state index contributed by atoms with van der Waals surface area (Å²) in [5.41, 5.74) is 6.73. The zero-order valence-corrected chi connectivity index (χ0v) is 16.0. The summed E-state index contributed by atoms with van der Waals surface area (Å²) in [5.74, 6) is -0.278. The van der Waals surface area contributed by atoms with Gasteiger partial charge in [-0.3, -0.25) is 4.79 Å². The fourth-order valence-electron chi connectivity index (χ4n) is 2.43. The number of rotatable bonds is 6. The van der Waals surface area contributed by atoms with Crippen LogP contribution in [0.2, 0.25) is 0 Å². The number of carbonyl (C=O) groups excluding carboxylic acids is 1. The molecule has 2 aromatic rings. The minimum atomic E-state index is -3.67. The number of hydrogen-bond acceptors (Lipinski definition) is 4. The minimum Gasteiger partial charge on any atom is -0.326 e. The molecule has 0 heterocycles. The van der Waals surface area contributed by atoms with Crippen molar-refractivity contribution in [2.45, 2.75) is 43.7 Å². The Balaban J connectivity index is 2.07. The highest BCUT2D eigenvalue weighted by Crippen LogP contribution is 2.19. The first-order valence-corrected chi connectivity index (χ1v) is 9.79. The second kappa shape index (κ2) is 7.99. The highest BCUT2D eigenvalue weighted by Gasteiger charge is 2.22. The predicted octanol–water partition coefficient (Wildman–Crippen LogP) is 2.79. The molecule has 0 radical (unpaired) electrons. The minimum absolute atomic E-state index is 0.0950. The zero-order chi connectivity index (χ0) is 19.4. The van der Waals surface area contributed by atoms with Gasteiger partial charge >= 0.3 is 0 Å². The third kappa shape index (κ3) is 5.94. The van der Waals surface area contributed by atoms with Crippen molar-refractivity contribution in [2.24, 2.45) is 5.73 Å². The van der Waals surface area contributed by atoms with E-state index in [2.05, 4.69) is 10.0 Å². The van der Waals surface area contributed by atoms with Gasteiger partial charge in [0.15, 0.2) is 0 Å². The maximum Gasteiger partial charge on any atom is 0.241 e. The van der Waals surface area contributed by atoms with Gasteiger partial charge < -0.3 is 11.1 Å². The van der Waals surface area contributed by atoms with Crippen LogP contribution < -0.4 is 15.8 Å². The van der Waals surface area contributed by atoms with E-state index in [9.17, 15) is 13.2 Å². The topological polar surface area (TPSA) is 101 Å². The Labute approximate surface area is 154 Å². The quantitative estimate of drug-likeness (QED) is 0.722. The molecule has 6 nitrogen and oxygen atoms in total. The second-order valence-electron chi connectivity index (χ2n) is 7.15. The maximum atomic E-state index is 12.4. The summed E-state index contributed by atoms with van der Waals surface area (Å²) < 4.78 is 27.4. The van der Waals surface area contributed by atoms with E-state index in [4.69, 9.17) is 5.73 Å². The van der Waals surface area contributed by atoms with Crippen molar-refractivity contribution in [3.63, 3.8) is 0 Å².